The number of ether oxygens (including phenoxy) is 1. The van der Waals surface area contributed by atoms with E-state index in [0.717, 1.165) is 10.6 Å². The summed E-state index contributed by atoms with van der Waals surface area (Å²) in [5.74, 6) is -4.31. The van der Waals surface area contributed by atoms with Crippen LogP contribution in [0.4, 0.5) is 5.69 Å². The predicted molar refractivity (Wildman–Crippen MR) is 162 cm³/mol. The fraction of sp³-hybridized carbons (Fsp3) is 0.273. The van der Waals surface area contributed by atoms with Crippen molar-refractivity contribution in [1.82, 2.24) is 10.3 Å². The molecule has 0 aromatic heterocycles. The lowest BCUT2D eigenvalue weighted by Gasteiger charge is -2.50. The Hall–Kier alpha value is -4.34. The lowest BCUT2D eigenvalue weighted by atomic mass is 9.49. The number of imide groups is 2. The Morgan fingerprint density at radius 3 is 2.36 bits per heavy atom. The highest BCUT2D eigenvalue weighted by Crippen LogP contribution is 2.63. The normalized spacial score (nSPS) is 29.0. The van der Waals surface area contributed by atoms with Crippen LogP contribution in [0, 0.1) is 23.7 Å². The molecule has 3 aromatic carbocycles. The van der Waals surface area contributed by atoms with Gasteiger partial charge in [-0.1, -0.05) is 59.1 Å². The fourth-order valence-corrected chi connectivity index (χ4v) is 8.25. The third-order valence-corrected chi connectivity index (χ3v) is 10.2. The van der Waals surface area contributed by atoms with Crippen molar-refractivity contribution in [2.75, 3.05) is 12.5 Å². The van der Waals surface area contributed by atoms with E-state index in [4.69, 9.17) is 27.9 Å². The van der Waals surface area contributed by atoms with E-state index < -0.39 is 46.8 Å². The lowest BCUT2D eigenvalue weighted by Crippen LogP contribution is -2.53. The molecule has 1 saturated carbocycles. The number of anilines is 1. The Bertz CT molecular complexity index is 1760. The van der Waals surface area contributed by atoms with Crippen molar-refractivity contribution < 1.29 is 29.0 Å². The zero-order chi connectivity index (χ0) is 30.9. The summed E-state index contributed by atoms with van der Waals surface area (Å²) in [5.41, 5.74) is 3.94. The molecule has 4 amide bonds. The van der Waals surface area contributed by atoms with E-state index in [-0.39, 0.29) is 29.0 Å². The number of amides is 4. The number of methoxy groups -OCH3 is 1. The smallest absolute Gasteiger partial charge is 0.260 e. The quantitative estimate of drug-likeness (QED) is 0.268. The second-order valence-electron chi connectivity index (χ2n) is 11.7. The topological polar surface area (TPSA) is 125 Å². The molecule has 2 aliphatic carbocycles. The minimum Gasteiger partial charge on any atom is -0.508 e. The van der Waals surface area contributed by atoms with E-state index in [1.807, 2.05) is 6.08 Å². The number of rotatable bonds is 5. The average Bonchev–Trinajstić information content (AvgIpc) is 3.42. The van der Waals surface area contributed by atoms with Gasteiger partial charge in [-0.05, 0) is 72.4 Å². The Morgan fingerprint density at radius 1 is 0.955 bits per heavy atom. The molecule has 2 aliphatic heterocycles. The molecule has 3 aromatic rings. The van der Waals surface area contributed by atoms with Gasteiger partial charge in [-0.2, -0.15) is 5.01 Å². The third-order valence-electron chi connectivity index (χ3n) is 9.65. The maximum Gasteiger partial charge on any atom is 0.260 e. The number of nitrogens with one attached hydrogen (secondary N) is 2. The third kappa shape index (κ3) is 4.06. The minimum absolute atomic E-state index is 0.0455. The summed E-state index contributed by atoms with van der Waals surface area (Å²) in [5, 5.41) is 14.3. The summed E-state index contributed by atoms with van der Waals surface area (Å²) in [6.45, 7) is 0. The molecular formula is C33H27Cl2N3O6. The predicted octanol–water partition coefficient (Wildman–Crippen LogP) is 4.98. The van der Waals surface area contributed by atoms with Crippen molar-refractivity contribution in [3.05, 3.63) is 99.6 Å². The second-order valence-corrected chi connectivity index (χ2v) is 12.5. The van der Waals surface area contributed by atoms with Crippen LogP contribution in [0.1, 0.15) is 29.9 Å². The largest absolute Gasteiger partial charge is 0.508 e. The number of carbonyl (C=O) groups is 4. The summed E-state index contributed by atoms with van der Waals surface area (Å²) in [6, 6.07) is 18.3. The molecule has 3 fully saturated rings. The van der Waals surface area contributed by atoms with Crippen molar-refractivity contribution in [2.24, 2.45) is 23.7 Å². The lowest BCUT2D eigenvalue weighted by molar-refractivity contribution is -0.138. The maximum absolute atomic E-state index is 15.0. The minimum atomic E-state index is -1.44. The number of nitrogens with zero attached hydrogens (tertiary/aromatic N) is 1. The van der Waals surface area contributed by atoms with E-state index in [2.05, 4.69) is 10.7 Å². The van der Waals surface area contributed by atoms with Crippen LogP contribution in [0.3, 0.4) is 0 Å². The van der Waals surface area contributed by atoms with Gasteiger partial charge < -0.3 is 9.84 Å². The van der Waals surface area contributed by atoms with Crippen LogP contribution in [0.2, 0.25) is 10.0 Å². The molecule has 11 heteroatoms. The molecule has 4 aliphatic rings. The van der Waals surface area contributed by atoms with Gasteiger partial charge >= 0.3 is 0 Å². The Kier molecular flexibility index (Phi) is 6.71. The SMILES string of the molecule is COc1ccc(C23C(=O)N(Nc4ccc(Cl)cc4Cl)C(=O)C2CC2C(=CCC4C(=O)NC(=O)C42)C3c2ccc(O)cc2)cc1. The summed E-state index contributed by atoms with van der Waals surface area (Å²) in [6.07, 6.45) is 2.47. The first-order chi connectivity index (χ1) is 21.1. The van der Waals surface area contributed by atoms with E-state index >= 15 is 4.79 Å². The molecule has 6 atom stereocenters. The van der Waals surface area contributed by atoms with Crippen LogP contribution in [-0.4, -0.2) is 40.9 Å². The molecule has 224 valence electrons. The number of hydrogen-bond acceptors (Lipinski definition) is 7. The van der Waals surface area contributed by atoms with Crippen LogP contribution < -0.4 is 15.5 Å². The Morgan fingerprint density at radius 2 is 1.68 bits per heavy atom. The maximum atomic E-state index is 15.0. The standard InChI is InChI=1S/C33H27Cl2N3O6/c1-44-20-9-4-17(5-10-20)33-24(31(42)38(32(33)43)37-26-13-6-18(34)14-25(26)35)15-23-21(28(33)16-2-7-19(39)8-3-16)11-12-22-27(23)30(41)36-29(22)40/h2-11,13-14,22-24,27-28,37,39H,12,15H2,1H3,(H,36,40,41). The molecule has 9 nitrogen and oxygen atoms in total. The molecule has 6 unspecified atom stereocenters. The van der Waals surface area contributed by atoms with Gasteiger partial charge in [0.05, 0.1) is 41.0 Å². The van der Waals surface area contributed by atoms with E-state index in [9.17, 15) is 19.5 Å². The van der Waals surface area contributed by atoms with Crippen molar-refractivity contribution >= 4 is 52.5 Å². The van der Waals surface area contributed by atoms with Crippen molar-refractivity contribution in [1.29, 1.82) is 0 Å². The summed E-state index contributed by atoms with van der Waals surface area (Å²) >= 11 is 12.6. The van der Waals surface area contributed by atoms with Gasteiger partial charge in [-0.15, -0.1) is 0 Å². The number of benzene rings is 3. The van der Waals surface area contributed by atoms with Crippen LogP contribution in [0.5, 0.6) is 11.5 Å². The van der Waals surface area contributed by atoms with Gasteiger partial charge in [-0.25, -0.2) is 0 Å². The molecule has 0 bridgehead atoms. The number of fused-ring (bicyclic) bond motifs is 4. The second kappa shape index (κ2) is 10.4. The van der Waals surface area contributed by atoms with Crippen LogP contribution in [-0.2, 0) is 24.6 Å². The van der Waals surface area contributed by atoms with Crippen LogP contribution in [0.25, 0.3) is 0 Å². The highest BCUT2D eigenvalue weighted by molar-refractivity contribution is 6.36. The van der Waals surface area contributed by atoms with E-state index in [1.165, 1.54) is 6.07 Å². The van der Waals surface area contributed by atoms with E-state index in [1.54, 1.807) is 67.8 Å². The summed E-state index contributed by atoms with van der Waals surface area (Å²) in [4.78, 5) is 55.4. The molecular weight excluding hydrogens is 605 g/mol. The van der Waals surface area contributed by atoms with Crippen molar-refractivity contribution in [3.8, 4) is 11.5 Å². The first kappa shape index (κ1) is 28.4. The molecule has 2 saturated heterocycles. The molecule has 7 rings (SSSR count). The zero-order valence-corrected chi connectivity index (χ0v) is 24.9. The van der Waals surface area contributed by atoms with Gasteiger partial charge in [-0.3, -0.25) is 29.9 Å². The zero-order valence-electron chi connectivity index (χ0n) is 23.4. The van der Waals surface area contributed by atoms with Crippen molar-refractivity contribution in [3.63, 3.8) is 0 Å². The van der Waals surface area contributed by atoms with Gasteiger partial charge in [0.25, 0.3) is 11.8 Å². The van der Waals surface area contributed by atoms with Crippen LogP contribution in [0.15, 0.2) is 78.4 Å². The van der Waals surface area contributed by atoms with Gasteiger partial charge in [0.2, 0.25) is 11.8 Å². The highest BCUT2D eigenvalue weighted by atomic mass is 35.5. The summed E-state index contributed by atoms with van der Waals surface area (Å²) in [7, 11) is 1.55. The van der Waals surface area contributed by atoms with E-state index in [0.29, 0.717) is 34.0 Å². The number of aromatic hydroxyl groups is 1. The van der Waals surface area contributed by atoms with Crippen molar-refractivity contribution in [2.45, 2.75) is 24.2 Å². The monoisotopic (exact) mass is 631 g/mol. The van der Waals surface area contributed by atoms with Gasteiger partial charge in [0.1, 0.15) is 11.5 Å². The number of phenols is 1. The first-order valence-corrected chi connectivity index (χ1v) is 15.0. The molecule has 44 heavy (non-hydrogen) atoms. The number of carbonyl (C=O) groups excluding carboxylic acids is 4. The fourth-order valence-electron chi connectivity index (χ4n) is 7.80. The highest BCUT2D eigenvalue weighted by Gasteiger charge is 2.70. The van der Waals surface area contributed by atoms with Gasteiger partial charge in [0, 0.05) is 10.9 Å². The number of phenolic OH excluding ortho intramolecular Hbond substituents is 1. The molecule has 0 radical (unpaired) electrons. The molecule has 2 heterocycles. The Labute approximate surface area is 262 Å². The Balaban J connectivity index is 1.46. The number of allylic oxidation sites excluding steroid dienone is 2. The summed E-state index contributed by atoms with van der Waals surface area (Å²) < 4.78 is 5.40. The number of hydrogen-bond donors (Lipinski definition) is 3. The van der Waals surface area contributed by atoms with Crippen LogP contribution >= 0.6 is 23.2 Å². The van der Waals surface area contributed by atoms with Gasteiger partial charge in [0.15, 0.2) is 0 Å². The molecule has 3 N–H and O–H groups in total. The average molecular weight is 633 g/mol. The molecule has 0 spiro atoms. The number of halogens is 2. The first-order valence-electron chi connectivity index (χ1n) is 14.2. The number of hydrazine groups is 1.